The summed E-state index contributed by atoms with van der Waals surface area (Å²) in [5.74, 6) is -2.40. The van der Waals surface area contributed by atoms with Crippen LogP contribution in [0.4, 0.5) is 0 Å². The zero-order chi connectivity index (χ0) is 11.4. The van der Waals surface area contributed by atoms with Crippen LogP contribution in [0.2, 0.25) is 0 Å². The van der Waals surface area contributed by atoms with Crippen molar-refractivity contribution in [3.8, 4) is 0 Å². The molecule has 0 fully saturated rings. The van der Waals surface area contributed by atoms with Crippen LogP contribution in [-0.2, 0) is 14.4 Å². The molecule has 15 heavy (non-hydrogen) atoms. The zero-order valence-corrected chi connectivity index (χ0v) is 8.37. The smallest absolute Gasteiger partial charge is 0.262 e. The third-order valence-corrected chi connectivity index (χ3v) is 2.55. The maximum Gasteiger partial charge on any atom is 0.262 e. The summed E-state index contributed by atoms with van der Waals surface area (Å²) in [6.07, 6.45) is -0.138. The van der Waals surface area contributed by atoms with Gasteiger partial charge in [0.25, 0.3) is 5.91 Å². The van der Waals surface area contributed by atoms with Gasteiger partial charge in [-0.3, -0.25) is 9.59 Å². The Bertz CT molecular complexity index is 341. The van der Waals surface area contributed by atoms with Crippen molar-refractivity contribution in [1.82, 2.24) is 5.32 Å². The Balaban J connectivity index is 2.34. The molecule has 0 saturated heterocycles. The molecule has 0 bridgehead atoms. The van der Waals surface area contributed by atoms with E-state index in [0.717, 1.165) is 11.8 Å². The molecule has 1 aliphatic heterocycles. The lowest BCUT2D eigenvalue weighted by atomic mass is 10.3. The van der Waals surface area contributed by atoms with Gasteiger partial charge >= 0.3 is 0 Å². The number of aliphatic imine (C=N–C) groups is 1. The van der Waals surface area contributed by atoms with Crippen LogP contribution < -0.4 is 16.2 Å². The highest BCUT2D eigenvalue weighted by atomic mass is 32.2. The van der Waals surface area contributed by atoms with Gasteiger partial charge < -0.3 is 21.0 Å². The van der Waals surface area contributed by atoms with Gasteiger partial charge in [0.15, 0.2) is 5.17 Å². The molecule has 1 aliphatic rings. The van der Waals surface area contributed by atoms with Crippen LogP contribution in [0.25, 0.3) is 0 Å². The Morgan fingerprint density at radius 1 is 1.60 bits per heavy atom. The van der Waals surface area contributed by atoms with Gasteiger partial charge in [0.2, 0.25) is 5.91 Å². The molecule has 1 heterocycles. The number of nitrogens with zero attached hydrogens (tertiary/aromatic N) is 1. The second-order valence-electron chi connectivity index (χ2n) is 2.75. The molecule has 0 spiro atoms. The minimum atomic E-state index is -1.38. The summed E-state index contributed by atoms with van der Waals surface area (Å²) in [6.45, 7) is -0.569. The van der Waals surface area contributed by atoms with Crippen molar-refractivity contribution in [3.05, 3.63) is 0 Å². The summed E-state index contributed by atoms with van der Waals surface area (Å²) in [5, 5.41) is 11.6. The Labute approximate surface area is 89.1 Å². The first-order chi connectivity index (χ1) is 6.99. The molecular weight excluding hydrogens is 222 g/mol. The SMILES string of the molecule is NC1=NC(=O)[C@@H](CC(=O)NCC(=O)[O-])S1. The quantitative estimate of drug-likeness (QED) is 0.537. The van der Waals surface area contributed by atoms with E-state index in [1.54, 1.807) is 0 Å². The molecule has 1 atom stereocenters. The predicted octanol–water partition coefficient (Wildman–Crippen LogP) is -2.80. The van der Waals surface area contributed by atoms with Crippen LogP contribution >= 0.6 is 11.8 Å². The number of amidine groups is 1. The van der Waals surface area contributed by atoms with E-state index in [0.29, 0.717) is 0 Å². The molecule has 0 unspecified atom stereocenters. The Morgan fingerprint density at radius 2 is 2.27 bits per heavy atom. The van der Waals surface area contributed by atoms with Gasteiger partial charge in [-0.15, -0.1) is 0 Å². The molecule has 0 aliphatic carbocycles. The summed E-state index contributed by atoms with van der Waals surface area (Å²) in [4.78, 5) is 35.6. The maximum absolute atomic E-state index is 11.1. The van der Waals surface area contributed by atoms with E-state index in [2.05, 4.69) is 10.3 Å². The number of carboxylic acids is 1. The standard InChI is InChI=1S/C7H9N3O4S/c8-7-10-6(14)3(15-7)1-4(11)9-2-5(12)13/h3H,1-2H2,(H,9,11)(H,12,13)(H2,8,10,14)/p-1/t3-/m1/s1. The number of nitrogens with one attached hydrogen (secondary N) is 1. The molecule has 1 rings (SSSR count). The van der Waals surface area contributed by atoms with Crippen molar-refractivity contribution >= 4 is 34.7 Å². The second kappa shape index (κ2) is 4.78. The van der Waals surface area contributed by atoms with Gasteiger partial charge in [0.1, 0.15) is 5.25 Å². The number of aliphatic carboxylic acids is 1. The molecule has 0 saturated carbocycles. The van der Waals surface area contributed by atoms with Gasteiger partial charge in [-0.25, -0.2) is 0 Å². The number of rotatable bonds is 4. The molecule has 7 nitrogen and oxygen atoms in total. The van der Waals surface area contributed by atoms with E-state index in [1.807, 2.05) is 0 Å². The number of nitrogens with two attached hydrogens (primary N) is 1. The van der Waals surface area contributed by atoms with Crippen molar-refractivity contribution in [2.75, 3.05) is 6.54 Å². The molecular formula is C7H8N3O4S-. The summed E-state index contributed by atoms with van der Waals surface area (Å²) in [5.41, 5.74) is 5.27. The van der Waals surface area contributed by atoms with E-state index < -0.39 is 29.6 Å². The van der Waals surface area contributed by atoms with Crippen LogP contribution in [0.15, 0.2) is 4.99 Å². The van der Waals surface area contributed by atoms with Crippen LogP contribution in [0.1, 0.15) is 6.42 Å². The number of carbonyl (C=O) groups excluding carboxylic acids is 3. The highest BCUT2D eigenvalue weighted by Crippen LogP contribution is 2.22. The number of thioether (sulfide) groups is 1. The van der Waals surface area contributed by atoms with Gasteiger partial charge in [-0.1, -0.05) is 11.8 Å². The van der Waals surface area contributed by atoms with E-state index in [1.165, 1.54) is 0 Å². The lowest BCUT2D eigenvalue weighted by Gasteiger charge is -2.07. The molecule has 3 N–H and O–H groups in total. The minimum Gasteiger partial charge on any atom is -0.548 e. The molecule has 8 heteroatoms. The first-order valence-corrected chi connectivity index (χ1v) is 4.88. The lowest BCUT2D eigenvalue weighted by molar-refractivity contribution is -0.304. The topological polar surface area (TPSA) is 125 Å². The van der Waals surface area contributed by atoms with Crippen LogP contribution in [0, 0.1) is 0 Å². The van der Waals surface area contributed by atoms with E-state index in [-0.39, 0.29) is 11.6 Å². The molecule has 0 aromatic carbocycles. The third-order valence-electron chi connectivity index (χ3n) is 1.56. The third kappa shape index (κ3) is 3.58. The van der Waals surface area contributed by atoms with Gasteiger partial charge in [-0.05, 0) is 0 Å². The van der Waals surface area contributed by atoms with Crippen LogP contribution in [-0.4, -0.2) is 34.7 Å². The second-order valence-corrected chi connectivity index (χ2v) is 3.97. The van der Waals surface area contributed by atoms with E-state index in [4.69, 9.17) is 5.73 Å². The first-order valence-electron chi connectivity index (χ1n) is 4.00. The highest BCUT2D eigenvalue weighted by molar-refractivity contribution is 8.15. The Kier molecular flexibility index (Phi) is 3.67. The fraction of sp³-hybridized carbons (Fsp3) is 0.429. The van der Waals surface area contributed by atoms with Gasteiger partial charge in [-0.2, -0.15) is 4.99 Å². The summed E-state index contributed by atoms with van der Waals surface area (Å²) < 4.78 is 0. The summed E-state index contributed by atoms with van der Waals surface area (Å²) in [7, 11) is 0. The average Bonchev–Trinajstić information content (AvgIpc) is 2.42. The number of carboxylic acid groups (broad SMARTS) is 1. The van der Waals surface area contributed by atoms with E-state index in [9.17, 15) is 19.5 Å². The molecule has 2 amide bonds. The van der Waals surface area contributed by atoms with Gasteiger partial charge in [0.05, 0.1) is 12.5 Å². The van der Waals surface area contributed by atoms with Crippen LogP contribution in [0.3, 0.4) is 0 Å². The monoisotopic (exact) mass is 230 g/mol. The highest BCUT2D eigenvalue weighted by Gasteiger charge is 2.28. The average molecular weight is 230 g/mol. The largest absolute Gasteiger partial charge is 0.548 e. The molecule has 82 valence electrons. The normalized spacial score (nSPS) is 19.9. The molecule has 0 radical (unpaired) electrons. The van der Waals surface area contributed by atoms with Crippen molar-refractivity contribution in [2.45, 2.75) is 11.7 Å². The Hall–Kier alpha value is -1.57. The fourth-order valence-corrected chi connectivity index (χ4v) is 1.77. The zero-order valence-electron chi connectivity index (χ0n) is 7.56. The lowest BCUT2D eigenvalue weighted by Crippen LogP contribution is -2.38. The van der Waals surface area contributed by atoms with Crippen molar-refractivity contribution < 1.29 is 19.5 Å². The Morgan fingerprint density at radius 3 is 2.73 bits per heavy atom. The minimum absolute atomic E-state index is 0.123. The van der Waals surface area contributed by atoms with Crippen LogP contribution in [0.5, 0.6) is 0 Å². The molecule has 0 aromatic heterocycles. The van der Waals surface area contributed by atoms with Crippen molar-refractivity contribution in [3.63, 3.8) is 0 Å². The number of hydrogen-bond acceptors (Lipinski definition) is 6. The first kappa shape index (κ1) is 11.5. The maximum atomic E-state index is 11.1. The number of amides is 2. The number of hydrogen-bond donors (Lipinski definition) is 2. The fourth-order valence-electron chi connectivity index (χ4n) is 0.943. The van der Waals surface area contributed by atoms with Crippen molar-refractivity contribution in [1.29, 1.82) is 0 Å². The number of carbonyl (C=O) groups is 3. The van der Waals surface area contributed by atoms with Gasteiger partial charge in [0, 0.05) is 6.42 Å². The molecule has 0 aromatic rings. The predicted molar refractivity (Wildman–Crippen MR) is 50.6 cm³/mol. The summed E-state index contributed by atoms with van der Waals surface area (Å²) >= 11 is 0.991. The van der Waals surface area contributed by atoms with Crippen molar-refractivity contribution in [2.24, 2.45) is 10.7 Å². The summed E-state index contributed by atoms with van der Waals surface area (Å²) in [6, 6.07) is 0. The van der Waals surface area contributed by atoms with E-state index >= 15 is 0 Å².